The van der Waals surface area contributed by atoms with E-state index in [1.54, 1.807) is 30.3 Å². The van der Waals surface area contributed by atoms with E-state index in [0.717, 1.165) is 6.92 Å². The summed E-state index contributed by atoms with van der Waals surface area (Å²) in [5, 5.41) is 34.8. The average Bonchev–Trinajstić information content (AvgIpc) is 2.78. The van der Waals surface area contributed by atoms with Gasteiger partial charge in [0.15, 0.2) is 6.04 Å². The standard InChI is InChI=1S/C21H31N5O8/c1-11(28)17(21(33)34)26-19(31)14(7-8-16(23)29)24-20(32)15(25-18(30)13(22)10-27)9-12-5-3-2-4-6-12/h2-6,11,13-15,17,27-28H,7-10,22H2,1H3,(H2,23,29)(H,24,32)(H,25,30)(H,26,31)(H,33,34). The highest BCUT2D eigenvalue weighted by Gasteiger charge is 2.32. The van der Waals surface area contributed by atoms with Crippen LogP contribution in [0.25, 0.3) is 0 Å². The molecule has 5 unspecified atom stereocenters. The number of nitrogens with two attached hydrogens (primary N) is 2. The summed E-state index contributed by atoms with van der Waals surface area (Å²) >= 11 is 0. The van der Waals surface area contributed by atoms with Gasteiger partial charge in [-0.15, -0.1) is 0 Å². The Kier molecular flexibility index (Phi) is 11.6. The number of amides is 4. The molecule has 13 nitrogen and oxygen atoms in total. The van der Waals surface area contributed by atoms with E-state index in [1.807, 2.05) is 0 Å². The molecule has 0 aliphatic heterocycles. The summed E-state index contributed by atoms with van der Waals surface area (Å²) < 4.78 is 0. The second-order valence-electron chi connectivity index (χ2n) is 7.67. The summed E-state index contributed by atoms with van der Waals surface area (Å²) in [6.45, 7) is 0.497. The van der Waals surface area contributed by atoms with Gasteiger partial charge in [-0.2, -0.15) is 0 Å². The molecule has 0 fully saturated rings. The van der Waals surface area contributed by atoms with E-state index in [0.29, 0.717) is 5.56 Å². The van der Waals surface area contributed by atoms with Crippen molar-refractivity contribution in [3.8, 4) is 0 Å². The molecule has 0 spiro atoms. The van der Waals surface area contributed by atoms with Crippen LogP contribution in [0.15, 0.2) is 30.3 Å². The van der Waals surface area contributed by atoms with E-state index in [1.165, 1.54) is 0 Å². The molecule has 188 valence electrons. The van der Waals surface area contributed by atoms with Crippen molar-refractivity contribution in [1.29, 1.82) is 0 Å². The fourth-order valence-corrected chi connectivity index (χ4v) is 2.89. The van der Waals surface area contributed by atoms with E-state index in [9.17, 15) is 34.2 Å². The largest absolute Gasteiger partial charge is 0.480 e. The lowest BCUT2D eigenvalue weighted by atomic mass is 10.0. The van der Waals surface area contributed by atoms with Crippen LogP contribution < -0.4 is 27.4 Å². The number of hydrogen-bond acceptors (Lipinski definition) is 8. The van der Waals surface area contributed by atoms with Gasteiger partial charge >= 0.3 is 5.97 Å². The molecule has 0 heterocycles. The Bertz CT molecular complexity index is 864. The lowest BCUT2D eigenvalue weighted by molar-refractivity contribution is -0.145. The van der Waals surface area contributed by atoms with Crippen LogP contribution in [-0.2, 0) is 30.4 Å². The zero-order valence-electron chi connectivity index (χ0n) is 18.6. The number of nitrogens with one attached hydrogen (secondary N) is 3. The Hall–Kier alpha value is -3.55. The van der Waals surface area contributed by atoms with Gasteiger partial charge in [-0.25, -0.2) is 4.79 Å². The molecule has 5 atom stereocenters. The molecule has 0 aliphatic rings. The molecular weight excluding hydrogens is 450 g/mol. The third-order valence-electron chi connectivity index (χ3n) is 4.81. The predicted octanol–water partition coefficient (Wildman–Crippen LogP) is -3.27. The minimum atomic E-state index is -1.66. The number of carbonyl (C=O) groups is 5. The zero-order valence-corrected chi connectivity index (χ0v) is 18.6. The second kappa shape index (κ2) is 13.9. The third kappa shape index (κ3) is 9.52. The van der Waals surface area contributed by atoms with Gasteiger partial charge in [0.05, 0.1) is 12.7 Å². The summed E-state index contributed by atoms with van der Waals surface area (Å²) in [5.41, 5.74) is 11.3. The number of rotatable bonds is 14. The maximum atomic E-state index is 13.0. The Morgan fingerprint density at radius 1 is 0.941 bits per heavy atom. The highest BCUT2D eigenvalue weighted by Crippen LogP contribution is 2.06. The topological polar surface area (TPSA) is 234 Å². The molecular formula is C21H31N5O8. The van der Waals surface area contributed by atoms with Crippen molar-refractivity contribution < 1.29 is 39.3 Å². The summed E-state index contributed by atoms with van der Waals surface area (Å²) in [7, 11) is 0. The van der Waals surface area contributed by atoms with E-state index >= 15 is 0 Å². The first-order chi connectivity index (χ1) is 16.0. The van der Waals surface area contributed by atoms with Gasteiger partial charge in [-0.05, 0) is 18.9 Å². The Morgan fingerprint density at radius 3 is 2.00 bits per heavy atom. The SMILES string of the molecule is CC(O)C(NC(=O)C(CCC(N)=O)NC(=O)C(Cc1ccccc1)NC(=O)C(N)CO)C(=O)O. The molecule has 13 heteroatoms. The highest BCUT2D eigenvalue weighted by molar-refractivity contribution is 5.94. The van der Waals surface area contributed by atoms with E-state index in [-0.39, 0.29) is 19.3 Å². The fourth-order valence-electron chi connectivity index (χ4n) is 2.89. The highest BCUT2D eigenvalue weighted by atomic mass is 16.4. The Labute approximate surface area is 195 Å². The van der Waals surface area contributed by atoms with E-state index in [4.69, 9.17) is 16.6 Å². The number of carboxylic acid groups (broad SMARTS) is 1. The fraction of sp³-hybridized carbons (Fsp3) is 0.476. The molecule has 0 saturated carbocycles. The molecule has 4 amide bonds. The summed E-state index contributed by atoms with van der Waals surface area (Å²) in [6.07, 6.45) is -2.01. The van der Waals surface area contributed by atoms with E-state index < -0.39 is 66.5 Å². The number of aliphatic carboxylic acids is 1. The molecule has 0 bridgehead atoms. The molecule has 0 saturated heterocycles. The summed E-state index contributed by atoms with van der Waals surface area (Å²) in [6, 6.07) is 3.03. The number of primary amides is 1. The van der Waals surface area contributed by atoms with E-state index in [2.05, 4.69) is 16.0 Å². The molecule has 34 heavy (non-hydrogen) atoms. The van der Waals surface area contributed by atoms with Crippen molar-refractivity contribution in [3.63, 3.8) is 0 Å². The number of aliphatic hydroxyl groups excluding tert-OH is 2. The lowest BCUT2D eigenvalue weighted by Crippen LogP contribution is -2.59. The Morgan fingerprint density at radius 2 is 1.50 bits per heavy atom. The van der Waals surface area contributed by atoms with Gasteiger partial charge in [0.1, 0.15) is 18.1 Å². The van der Waals surface area contributed by atoms with Crippen LogP contribution in [0.4, 0.5) is 0 Å². The van der Waals surface area contributed by atoms with Crippen molar-refractivity contribution in [2.75, 3.05) is 6.61 Å². The first kappa shape index (κ1) is 28.5. The van der Waals surface area contributed by atoms with Crippen LogP contribution in [-0.4, -0.2) is 81.8 Å². The van der Waals surface area contributed by atoms with Gasteiger partial charge in [0, 0.05) is 12.8 Å². The number of hydrogen-bond donors (Lipinski definition) is 8. The monoisotopic (exact) mass is 481 g/mol. The van der Waals surface area contributed by atoms with Crippen LogP contribution in [0.3, 0.4) is 0 Å². The number of carboxylic acids is 1. The van der Waals surface area contributed by atoms with Gasteiger partial charge in [0.25, 0.3) is 0 Å². The van der Waals surface area contributed by atoms with Gasteiger partial charge in [0.2, 0.25) is 23.6 Å². The van der Waals surface area contributed by atoms with Crippen LogP contribution in [0.5, 0.6) is 0 Å². The molecule has 0 aromatic heterocycles. The smallest absolute Gasteiger partial charge is 0.328 e. The lowest BCUT2D eigenvalue weighted by Gasteiger charge is -2.25. The molecule has 0 aliphatic carbocycles. The van der Waals surface area contributed by atoms with Crippen molar-refractivity contribution in [1.82, 2.24) is 16.0 Å². The minimum absolute atomic E-state index is 0.00610. The van der Waals surface area contributed by atoms with Gasteiger partial charge in [-0.3, -0.25) is 19.2 Å². The maximum absolute atomic E-state index is 13.0. The van der Waals surface area contributed by atoms with Crippen LogP contribution in [0.1, 0.15) is 25.3 Å². The number of benzene rings is 1. The molecule has 1 aromatic carbocycles. The van der Waals surface area contributed by atoms with Crippen LogP contribution in [0.2, 0.25) is 0 Å². The molecule has 1 aromatic rings. The first-order valence-corrected chi connectivity index (χ1v) is 10.5. The predicted molar refractivity (Wildman–Crippen MR) is 119 cm³/mol. The van der Waals surface area contributed by atoms with Crippen molar-refractivity contribution in [3.05, 3.63) is 35.9 Å². The quantitative estimate of drug-likeness (QED) is 0.133. The van der Waals surface area contributed by atoms with Crippen molar-refractivity contribution in [2.45, 2.75) is 56.5 Å². The second-order valence-corrected chi connectivity index (χ2v) is 7.67. The summed E-state index contributed by atoms with van der Waals surface area (Å²) in [4.78, 5) is 60.4. The van der Waals surface area contributed by atoms with Crippen molar-refractivity contribution in [2.24, 2.45) is 11.5 Å². The molecule has 0 radical (unpaired) electrons. The van der Waals surface area contributed by atoms with Gasteiger partial charge < -0.3 is 42.7 Å². The van der Waals surface area contributed by atoms with Gasteiger partial charge in [-0.1, -0.05) is 30.3 Å². The van der Waals surface area contributed by atoms with Crippen molar-refractivity contribution >= 4 is 29.6 Å². The average molecular weight is 482 g/mol. The van der Waals surface area contributed by atoms with Crippen LogP contribution >= 0.6 is 0 Å². The molecule has 10 N–H and O–H groups in total. The normalized spacial score (nSPS) is 15.2. The minimum Gasteiger partial charge on any atom is -0.480 e. The number of aliphatic hydroxyl groups is 2. The Balaban J connectivity index is 3.11. The maximum Gasteiger partial charge on any atom is 0.328 e. The van der Waals surface area contributed by atoms with Crippen LogP contribution in [0, 0.1) is 0 Å². The first-order valence-electron chi connectivity index (χ1n) is 10.5. The number of carbonyl (C=O) groups excluding carboxylic acids is 4. The molecule has 1 rings (SSSR count). The third-order valence-corrected chi connectivity index (χ3v) is 4.81. The summed E-state index contributed by atoms with van der Waals surface area (Å²) in [5.74, 6) is -4.87. The zero-order chi connectivity index (χ0) is 25.8.